The van der Waals surface area contributed by atoms with Crippen LogP contribution in [0.25, 0.3) is 5.70 Å². The molecule has 1 aliphatic rings. The van der Waals surface area contributed by atoms with E-state index in [4.69, 9.17) is 11.6 Å². The molecule has 0 amide bonds. The van der Waals surface area contributed by atoms with E-state index in [9.17, 15) is 5.11 Å². The molecule has 3 nitrogen and oxygen atoms in total. The molecule has 0 spiro atoms. The second-order valence-corrected chi connectivity index (χ2v) is 7.82. The summed E-state index contributed by atoms with van der Waals surface area (Å²) in [5.74, 6) is 0.273. The quantitative estimate of drug-likeness (QED) is 0.553. The minimum Gasteiger partial charge on any atom is -0.508 e. The zero-order valence-electron chi connectivity index (χ0n) is 15.9. The number of phenols is 1. The first-order valence-electron chi connectivity index (χ1n) is 9.33. The fraction of sp³-hybridized carbons (Fsp3) is 0.167. The molecule has 0 saturated heterocycles. The van der Waals surface area contributed by atoms with Crippen molar-refractivity contribution in [2.75, 3.05) is 0 Å². The molecule has 0 fully saturated rings. The van der Waals surface area contributed by atoms with Crippen molar-refractivity contribution in [3.8, 4) is 5.75 Å². The molecule has 0 radical (unpaired) electrons. The zero-order valence-corrected chi connectivity index (χ0v) is 16.7. The van der Waals surface area contributed by atoms with E-state index < -0.39 is 5.66 Å². The maximum atomic E-state index is 10.4. The number of hydrogen-bond donors (Lipinski definition) is 3. The van der Waals surface area contributed by atoms with Crippen LogP contribution in [-0.2, 0) is 5.66 Å². The Morgan fingerprint density at radius 1 is 0.964 bits per heavy atom. The Morgan fingerprint density at radius 2 is 1.71 bits per heavy atom. The van der Waals surface area contributed by atoms with Crippen molar-refractivity contribution < 1.29 is 5.11 Å². The van der Waals surface area contributed by atoms with Crippen LogP contribution < -0.4 is 10.6 Å². The van der Waals surface area contributed by atoms with Crippen molar-refractivity contribution in [3.63, 3.8) is 0 Å². The number of nitrogens with one attached hydrogen (secondary N) is 2. The summed E-state index contributed by atoms with van der Waals surface area (Å²) in [6, 6.07) is 23.5. The van der Waals surface area contributed by atoms with Crippen molar-refractivity contribution in [1.29, 1.82) is 0 Å². The minimum atomic E-state index is -0.563. The van der Waals surface area contributed by atoms with E-state index in [0.29, 0.717) is 5.02 Å². The predicted molar refractivity (Wildman–Crippen MR) is 115 cm³/mol. The lowest BCUT2D eigenvalue weighted by molar-refractivity contribution is 0.291. The molecule has 0 saturated carbocycles. The summed E-state index contributed by atoms with van der Waals surface area (Å²) in [4.78, 5) is 0. The molecular weight excluding hydrogens is 368 g/mol. The highest BCUT2D eigenvalue weighted by molar-refractivity contribution is 6.30. The van der Waals surface area contributed by atoms with Crippen LogP contribution in [0.1, 0.15) is 35.2 Å². The van der Waals surface area contributed by atoms with E-state index in [0.717, 1.165) is 22.4 Å². The van der Waals surface area contributed by atoms with Gasteiger partial charge in [0.1, 0.15) is 11.4 Å². The normalized spacial score (nSPS) is 21.7. The second kappa shape index (κ2) is 7.34. The lowest BCUT2D eigenvalue weighted by Gasteiger charge is -2.42. The number of hydrogen-bond acceptors (Lipinski definition) is 3. The highest BCUT2D eigenvalue weighted by Crippen LogP contribution is 2.36. The molecule has 2 atom stereocenters. The van der Waals surface area contributed by atoms with Crippen LogP contribution >= 0.6 is 11.6 Å². The molecule has 0 aromatic heterocycles. The van der Waals surface area contributed by atoms with E-state index in [1.807, 2.05) is 42.5 Å². The Labute approximate surface area is 170 Å². The molecule has 142 valence electrons. The monoisotopic (exact) mass is 390 g/mol. The minimum absolute atomic E-state index is 0.164. The van der Waals surface area contributed by atoms with Gasteiger partial charge in [-0.15, -0.1) is 0 Å². The van der Waals surface area contributed by atoms with E-state index in [2.05, 4.69) is 54.8 Å². The molecule has 1 aliphatic heterocycles. The maximum Gasteiger partial charge on any atom is 0.120 e. The Kier molecular flexibility index (Phi) is 4.88. The predicted octanol–water partition coefficient (Wildman–Crippen LogP) is 5.50. The van der Waals surface area contributed by atoms with Gasteiger partial charge >= 0.3 is 0 Å². The van der Waals surface area contributed by atoms with Crippen LogP contribution in [0, 0.1) is 6.92 Å². The van der Waals surface area contributed by atoms with Crippen molar-refractivity contribution in [2.45, 2.75) is 25.6 Å². The second-order valence-electron chi connectivity index (χ2n) is 7.39. The molecular formula is C24H23ClN2O. The molecule has 4 heteroatoms. The Bertz CT molecular complexity index is 1030. The average molecular weight is 391 g/mol. The molecule has 0 aliphatic carbocycles. The Hall–Kier alpha value is -2.75. The molecule has 1 heterocycles. The lowest BCUT2D eigenvalue weighted by Crippen LogP contribution is -2.54. The smallest absolute Gasteiger partial charge is 0.120 e. The van der Waals surface area contributed by atoms with Gasteiger partial charge in [0.25, 0.3) is 0 Å². The van der Waals surface area contributed by atoms with Gasteiger partial charge in [-0.2, -0.15) is 0 Å². The average Bonchev–Trinajstić information content (AvgIpc) is 2.68. The fourth-order valence-corrected chi connectivity index (χ4v) is 3.83. The van der Waals surface area contributed by atoms with Crippen LogP contribution in [0.3, 0.4) is 0 Å². The number of aromatic hydroxyl groups is 1. The summed E-state index contributed by atoms with van der Waals surface area (Å²) < 4.78 is 0. The Balaban J connectivity index is 1.82. The molecule has 28 heavy (non-hydrogen) atoms. The highest BCUT2D eigenvalue weighted by atomic mass is 35.5. The summed E-state index contributed by atoms with van der Waals surface area (Å²) in [6.07, 6.45) is 2.12. The highest BCUT2D eigenvalue weighted by Gasteiger charge is 2.35. The van der Waals surface area contributed by atoms with Gasteiger partial charge in [0.2, 0.25) is 0 Å². The summed E-state index contributed by atoms with van der Waals surface area (Å²) in [7, 11) is 0. The van der Waals surface area contributed by atoms with Crippen LogP contribution in [-0.4, -0.2) is 5.11 Å². The molecule has 2 unspecified atom stereocenters. The third kappa shape index (κ3) is 3.64. The van der Waals surface area contributed by atoms with Gasteiger partial charge in [-0.1, -0.05) is 71.8 Å². The first-order valence-corrected chi connectivity index (χ1v) is 9.71. The summed E-state index contributed by atoms with van der Waals surface area (Å²) in [6.45, 7) is 4.17. The topological polar surface area (TPSA) is 44.3 Å². The van der Waals surface area contributed by atoms with Crippen molar-refractivity contribution in [1.82, 2.24) is 10.6 Å². The van der Waals surface area contributed by atoms with Crippen LogP contribution in [0.4, 0.5) is 0 Å². The van der Waals surface area contributed by atoms with Crippen molar-refractivity contribution in [3.05, 3.63) is 106 Å². The largest absolute Gasteiger partial charge is 0.508 e. The van der Waals surface area contributed by atoms with Gasteiger partial charge < -0.3 is 10.4 Å². The zero-order chi connectivity index (χ0) is 19.7. The summed E-state index contributed by atoms with van der Waals surface area (Å²) in [5, 5.41) is 18.4. The number of halogens is 1. The van der Waals surface area contributed by atoms with Gasteiger partial charge in [0.15, 0.2) is 0 Å². The first-order chi connectivity index (χ1) is 13.4. The number of rotatable bonds is 3. The fourth-order valence-electron chi connectivity index (χ4n) is 3.64. The maximum absolute atomic E-state index is 10.4. The number of aryl methyl sites for hydroxylation is 1. The van der Waals surface area contributed by atoms with Gasteiger partial charge in [-0.05, 0) is 49.2 Å². The van der Waals surface area contributed by atoms with Crippen molar-refractivity contribution in [2.24, 2.45) is 0 Å². The van der Waals surface area contributed by atoms with Crippen LogP contribution in [0.5, 0.6) is 5.75 Å². The molecule has 3 aromatic rings. The van der Waals surface area contributed by atoms with E-state index in [1.165, 1.54) is 5.56 Å². The molecule has 3 N–H and O–H groups in total. The number of phenolic OH excluding ortho intramolecular Hbond substituents is 1. The van der Waals surface area contributed by atoms with Gasteiger partial charge in [-0.25, -0.2) is 0 Å². The van der Waals surface area contributed by atoms with Crippen molar-refractivity contribution >= 4 is 17.3 Å². The summed E-state index contributed by atoms with van der Waals surface area (Å²) >= 11 is 6.27. The van der Waals surface area contributed by atoms with E-state index in [-0.39, 0.29) is 11.8 Å². The van der Waals surface area contributed by atoms with Crippen LogP contribution in [0.15, 0.2) is 78.9 Å². The molecule has 3 aromatic carbocycles. The first kappa shape index (κ1) is 18.6. The SMILES string of the molecule is Cc1ccc(C2=CC(c3ccccc3O)NC(C)(c3cccc(Cl)c3)N2)cc1. The van der Waals surface area contributed by atoms with Gasteiger partial charge in [0.05, 0.1) is 6.04 Å². The van der Waals surface area contributed by atoms with Gasteiger partial charge in [-0.3, -0.25) is 5.32 Å². The third-order valence-corrected chi connectivity index (χ3v) is 5.43. The van der Waals surface area contributed by atoms with E-state index in [1.54, 1.807) is 6.07 Å². The van der Waals surface area contributed by atoms with Gasteiger partial charge in [0, 0.05) is 16.3 Å². The summed E-state index contributed by atoms with van der Waals surface area (Å²) in [5.41, 5.74) is 4.62. The third-order valence-electron chi connectivity index (χ3n) is 5.20. The number of benzene rings is 3. The Morgan fingerprint density at radius 3 is 2.43 bits per heavy atom. The van der Waals surface area contributed by atoms with Crippen LogP contribution in [0.2, 0.25) is 5.02 Å². The lowest BCUT2D eigenvalue weighted by atomic mass is 9.92. The molecule has 0 bridgehead atoms. The number of para-hydroxylation sites is 1. The van der Waals surface area contributed by atoms with E-state index >= 15 is 0 Å². The molecule has 4 rings (SSSR count). The standard InChI is InChI=1S/C24H23ClN2O/c1-16-10-12-17(13-11-16)21-15-22(20-8-3-4-9-23(20)28)27-24(2,26-21)18-6-5-7-19(25)14-18/h3-15,22,26-28H,1-2H3.